The van der Waals surface area contributed by atoms with Crippen LogP contribution in [0.3, 0.4) is 0 Å². The first-order valence-corrected chi connectivity index (χ1v) is 8.29. The van der Waals surface area contributed by atoms with Crippen molar-refractivity contribution in [3.05, 3.63) is 100 Å². The van der Waals surface area contributed by atoms with Crippen molar-refractivity contribution in [2.24, 2.45) is 0 Å². The van der Waals surface area contributed by atoms with E-state index in [9.17, 15) is 4.39 Å². The van der Waals surface area contributed by atoms with Gasteiger partial charge in [-0.25, -0.2) is 4.39 Å². The van der Waals surface area contributed by atoms with Gasteiger partial charge in [0, 0.05) is 17.6 Å². The first-order valence-electron chi connectivity index (χ1n) is 7.50. The average Bonchev–Trinajstić information content (AvgIpc) is 2.56. The first-order chi connectivity index (χ1) is 11.2. The molecule has 0 saturated heterocycles. The molecule has 0 unspecified atom stereocenters. The molecule has 0 aliphatic rings. The van der Waals surface area contributed by atoms with Crippen molar-refractivity contribution in [1.82, 2.24) is 0 Å². The van der Waals surface area contributed by atoms with Gasteiger partial charge in [-0.1, -0.05) is 76.6 Å². The fourth-order valence-corrected chi connectivity index (χ4v) is 2.90. The number of nitrogens with zero attached hydrogens (tertiary/aromatic N) is 1. The zero-order valence-corrected chi connectivity index (χ0v) is 14.2. The van der Waals surface area contributed by atoms with Crippen LogP contribution in [0, 0.1) is 5.82 Å². The molecule has 0 spiro atoms. The van der Waals surface area contributed by atoms with E-state index in [1.54, 1.807) is 0 Å². The first kappa shape index (κ1) is 15.8. The third-order valence-electron chi connectivity index (χ3n) is 3.68. The van der Waals surface area contributed by atoms with Crippen LogP contribution in [0.15, 0.2) is 83.3 Å². The van der Waals surface area contributed by atoms with Crippen molar-refractivity contribution in [2.75, 3.05) is 4.90 Å². The van der Waals surface area contributed by atoms with E-state index in [0.717, 1.165) is 15.6 Å². The van der Waals surface area contributed by atoms with Crippen molar-refractivity contribution in [3.63, 3.8) is 0 Å². The Kier molecular flexibility index (Phi) is 5.09. The molecule has 0 fully saturated rings. The van der Waals surface area contributed by atoms with Crippen LogP contribution < -0.4 is 4.90 Å². The van der Waals surface area contributed by atoms with Gasteiger partial charge < -0.3 is 4.90 Å². The minimum absolute atomic E-state index is 0.216. The number of hydrogen-bond acceptors (Lipinski definition) is 1. The van der Waals surface area contributed by atoms with Crippen LogP contribution in [0.1, 0.15) is 11.1 Å². The maximum Gasteiger partial charge on any atom is 0.147 e. The summed E-state index contributed by atoms with van der Waals surface area (Å²) in [5.74, 6) is -0.216. The highest BCUT2D eigenvalue weighted by Gasteiger charge is 2.13. The van der Waals surface area contributed by atoms with Crippen LogP contribution in [-0.4, -0.2) is 0 Å². The lowest BCUT2D eigenvalue weighted by atomic mass is 10.1. The normalized spacial score (nSPS) is 10.5. The second-order valence-corrected chi connectivity index (χ2v) is 6.34. The monoisotopic (exact) mass is 369 g/mol. The molecular formula is C20H17BrFN. The summed E-state index contributed by atoms with van der Waals surface area (Å²) < 4.78 is 15.2. The van der Waals surface area contributed by atoms with E-state index < -0.39 is 0 Å². The van der Waals surface area contributed by atoms with Gasteiger partial charge in [-0.2, -0.15) is 0 Å². The lowest BCUT2D eigenvalue weighted by Crippen LogP contribution is -2.23. The molecule has 116 valence electrons. The van der Waals surface area contributed by atoms with E-state index in [0.29, 0.717) is 18.8 Å². The molecule has 0 heterocycles. The van der Waals surface area contributed by atoms with Crippen molar-refractivity contribution >= 4 is 21.6 Å². The average molecular weight is 370 g/mol. The molecule has 0 amide bonds. The highest BCUT2D eigenvalue weighted by Crippen LogP contribution is 2.26. The lowest BCUT2D eigenvalue weighted by molar-refractivity contribution is 0.614. The number of halogens is 2. The Morgan fingerprint density at radius 2 is 1.26 bits per heavy atom. The van der Waals surface area contributed by atoms with Gasteiger partial charge in [-0.3, -0.25) is 0 Å². The predicted octanol–water partition coefficient (Wildman–Crippen LogP) is 5.80. The fourth-order valence-electron chi connectivity index (χ4n) is 2.57. The van der Waals surface area contributed by atoms with Gasteiger partial charge in [0.2, 0.25) is 0 Å². The highest BCUT2D eigenvalue weighted by atomic mass is 79.9. The maximum absolute atomic E-state index is 14.4. The van der Waals surface area contributed by atoms with Crippen LogP contribution in [-0.2, 0) is 13.1 Å². The zero-order chi connectivity index (χ0) is 16.1. The summed E-state index contributed by atoms with van der Waals surface area (Å²) in [6.07, 6.45) is 0. The maximum atomic E-state index is 14.4. The summed E-state index contributed by atoms with van der Waals surface area (Å²) in [6.45, 7) is 1.32. The van der Waals surface area contributed by atoms with E-state index in [2.05, 4.69) is 45.1 Å². The Balaban J connectivity index is 1.92. The third-order valence-corrected chi connectivity index (χ3v) is 4.18. The molecule has 0 atom stereocenters. The molecule has 0 aromatic heterocycles. The summed E-state index contributed by atoms with van der Waals surface area (Å²) in [6, 6.07) is 25.5. The molecule has 0 bridgehead atoms. The molecule has 0 N–H and O–H groups in total. The largest absolute Gasteiger partial charge is 0.361 e. The summed E-state index contributed by atoms with van der Waals surface area (Å²) in [7, 11) is 0. The number of hydrogen-bond donors (Lipinski definition) is 0. The number of anilines is 1. The Bertz CT molecular complexity index is 718. The van der Waals surface area contributed by atoms with Crippen LogP contribution in [0.4, 0.5) is 10.1 Å². The van der Waals surface area contributed by atoms with E-state index in [4.69, 9.17) is 0 Å². The van der Waals surface area contributed by atoms with Crippen LogP contribution in [0.5, 0.6) is 0 Å². The Morgan fingerprint density at radius 3 is 1.74 bits per heavy atom. The van der Waals surface area contributed by atoms with Gasteiger partial charge in [-0.15, -0.1) is 0 Å². The van der Waals surface area contributed by atoms with Gasteiger partial charge in [0.05, 0.1) is 5.69 Å². The lowest BCUT2D eigenvalue weighted by Gasteiger charge is -2.26. The standard InChI is InChI=1S/C20H17BrFN/c21-18-11-12-20(19(22)13-18)23(14-16-7-3-1-4-8-16)15-17-9-5-2-6-10-17/h1-13H,14-15H2. The van der Waals surface area contributed by atoms with Crippen molar-refractivity contribution in [2.45, 2.75) is 13.1 Å². The minimum Gasteiger partial charge on any atom is -0.361 e. The molecular weight excluding hydrogens is 353 g/mol. The quantitative estimate of drug-likeness (QED) is 0.549. The second kappa shape index (κ2) is 7.42. The van der Waals surface area contributed by atoms with Crippen LogP contribution in [0.2, 0.25) is 0 Å². The van der Waals surface area contributed by atoms with Gasteiger partial charge in [0.25, 0.3) is 0 Å². The van der Waals surface area contributed by atoms with Crippen molar-refractivity contribution in [3.8, 4) is 0 Å². The predicted molar refractivity (Wildman–Crippen MR) is 96.9 cm³/mol. The van der Waals surface area contributed by atoms with Crippen LogP contribution >= 0.6 is 15.9 Å². The van der Waals surface area contributed by atoms with Gasteiger partial charge >= 0.3 is 0 Å². The van der Waals surface area contributed by atoms with Crippen molar-refractivity contribution < 1.29 is 4.39 Å². The van der Waals surface area contributed by atoms with Crippen molar-refractivity contribution in [1.29, 1.82) is 0 Å². The van der Waals surface area contributed by atoms with Gasteiger partial charge in [0.15, 0.2) is 0 Å². The number of rotatable bonds is 5. The third kappa shape index (κ3) is 4.20. The summed E-state index contributed by atoms with van der Waals surface area (Å²) in [4.78, 5) is 2.06. The fraction of sp³-hybridized carbons (Fsp3) is 0.100. The summed E-state index contributed by atoms with van der Waals surface area (Å²) in [5.41, 5.74) is 2.93. The molecule has 0 radical (unpaired) electrons. The minimum atomic E-state index is -0.216. The SMILES string of the molecule is Fc1cc(Br)ccc1N(Cc1ccccc1)Cc1ccccc1. The van der Waals surface area contributed by atoms with E-state index in [-0.39, 0.29) is 5.82 Å². The highest BCUT2D eigenvalue weighted by molar-refractivity contribution is 9.10. The molecule has 1 nitrogen and oxygen atoms in total. The second-order valence-electron chi connectivity index (χ2n) is 5.42. The molecule has 3 aromatic rings. The Labute approximate surface area is 144 Å². The van der Waals surface area contributed by atoms with E-state index >= 15 is 0 Å². The molecule has 23 heavy (non-hydrogen) atoms. The molecule has 0 aliphatic carbocycles. The summed E-state index contributed by atoms with van der Waals surface area (Å²) >= 11 is 3.32. The van der Waals surface area contributed by atoms with E-state index in [1.165, 1.54) is 6.07 Å². The zero-order valence-electron chi connectivity index (χ0n) is 12.6. The molecule has 0 aliphatic heterocycles. The molecule has 3 heteroatoms. The molecule has 0 saturated carbocycles. The van der Waals surface area contributed by atoms with Crippen LogP contribution in [0.25, 0.3) is 0 Å². The van der Waals surface area contributed by atoms with Gasteiger partial charge in [-0.05, 0) is 29.3 Å². The smallest absolute Gasteiger partial charge is 0.147 e. The molecule has 3 rings (SSSR count). The Morgan fingerprint density at radius 1 is 0.739 bits per heavy atom. The van der Waals surface area contributed by atoms with Gasteiger partial charge in [0.1, 0.15) is 5.82 Å². The Hall–Kier alpha value is -2.13. The number of benzene rings is 3. The summed E-state index contributed by atoms with van der Waals surface area (Å²) in [5, 5.41) is 0. The van der Waals surface area contributed by atoms with E-state index in [1.807, 2.05) is 48.5 Å². The molecule has 3 aromatic carbocycles. The topological polar surface area (TPSA) is 3.24 Å².